The lowest BCUT2D eigenvalue weighted by Crippen LogP contribution is -2.01. The first kappa shape index (κ1) is 30.6. The van der Waals surface area contributed by atoms with Crippen molar-refractivity contribution in [1.82, 2.24) is 0 Å². The standard InChI is InChI=1S/C22H42O2.C4H6O2/c1-3-5-6-7-8-9-10-11-12-13-14-15-16-17-18-19-20-21-24-22(23)4-2;1-3-4(5)6-2/h4H,2-3,5-21H2,1H3;3H,1H2,2H3. The van der Waals surface area contributed by atoms with E-state index in [1.54, 1.807) is 0 Å². The van der Waals surface area contributed by atoms with Crippen molar-refractivity contribution in [3.05, 3.63) is 25.3 Å². The average molecular weight is 425 g/mol. The molecule has 0 aromatic rings. The second-order valence-electron chi connectivity index (χ2n) is 7.76. The van der Waals surface area contributed by atoms with Gasteiger partial charge in [-0.15, -0.1) is 0 Å². The summed E-state index contributed by atoms with van der Waals surface area (Å²) in [7, 11) is 1.31. The third-order valence-corrected chi connectivity index (χ3v) is 5.03. The Bertz CT molecular complexity index is 404. The van der Waals surface area contributed by atoms with Crippen LogP contribution < -0.4 is 0 Å². The Labute approximate surface area is 186 Å². The lowest BCUT2D eigenvalue weighted by atomic mass is 10.0. The van der Waals surface area contributed by atoms with Crippen LogP contribution in [-0.2, 0) is 19.1 Å². The van der Waals surface area contributed by atoms with Gasteiger partial charge in [-0.2, -0.15) is 0 Å². The second-order valence-corrected chi connectivity index (χ2v) is 7.76. The summed E-state index contributed by atoms with van der Waals surface area (Å²) in [5.41, 5.74) is 0. The summed E-state index contributed by atoms with van der Waals surface area (Å²) in [6.45, 7) is 9.37. The Morgan fingerprint density at radius 2 is 0.933 bits per heavy atom. The molecule has 0 aliphatic rings. The van der Waals surface area contributed by atoms with Crippen molar-refractivity contribution >= 4 is 11.9 Å². The molecule has 4 heteroatoms. The Morgan fingerprint density at radius 1 is 0.600 bits per heavy atom. The molecule has 4 nitrogen and oxygen atoms in total. The minimum Gasteiger partial charge on any atom is -0.466 e. The van der Waals surface area contributed by atoms with Crippen molar-refractivity contribution in [3.63, 3.8) is 0 Å². The topological polar surface area (TPSA) is 52.6 Å². The van der Waals surface area contributed by atoms with Gasteiger partial charge in [-0.1, -0.05) is 123 Å². The fraction of sp³-hybridized carbons (Fsp3) is 0.769. The van der Waals surface area contributed by atoms with Gasteiger partial charge in [-0.05, 0) is 6.42 Å². The zero-order valence-electron chi connectivity index (χ0n) is 19.9. The van der Waals surface area contributed by atoms with E-state index in [0.717, 1.165) is 12.5 Å². The summed E-state index contributed by atoms with van der Waals surface area (Å²) in [4.78, 5) is 20.7. The first-order valence-electron chi connectivity index (χ1n) is 12.1. The van der Waals surface area contributed by atoms with Crippen LogP contribution >= 0.6 is 0 Å². The molecule has 0 bridgehead atoms. The highest BCUT2D eigenvalue weighted by molar-refractivity contribution is 5.81. The third kappa shape index (κ3) is 28.6. The van der Waals surface area contributed by atoms with Gasteiger partial charge in [-0.25, -0.2) is 9.59 Å². The average Bonchev–Trinajstić information content (AvgIpc) is 2.77. The zero-order valence-corrected chi connectivity index (χ0v) is 19.9. The predicted octanol–water partition coefficient (Wildman–Crippen LogP) is 7.71. The van der Waals surface area contributed by atoms with E-state index in [0.29, 0.717) is 6.61 Å². The number of esters is 2. The first-order valence-corrected chi connectivity index (χ1v) is 12.1. The predicted molar refractivity (Wildman–Crippen MR) is 128 cm³/mol. The molecule has 0 heterocycles. The summed E-state index contributed by atoms with van der Waals surface area (Å²) in [6.07, 6.45) is 25.6. The van der Waals surface area contributed by atoms with Crippen LogP contribution in [0.4, 0.5) is 0 Å². The first-order chi connectivity index (χ1) is 14.6. The molecule has 0 radical (unpaired) electrons. The van der Waals surface area contributed by atoms with Crippen molar-refractivity contribution in [2.75, 3.05) is 13.7 Å². The van der Waals surface area contributed by atoms with Gasteiger partial charge in [0.15, 0.2) is 0 Å². The number of rotatable bonds is 20. The number of carbonyl (C=O) groups excluding carboxylic acids is 2. The van der Waals surface area contributed by atoms with Crippen LogP contribution in [0.3, 0.4) is 0 Å². The van der Waals surface area contributed by atoms with Crippen molar-refractivity contribution < 1.29 is 19.1 Å². The monoisotopic (exact) mass is 424 g/mol. The summed E-state index contributed by atoms with van der Waals surface area (Å²) in [5.74, 6) is -0.693. The molecule has 0 fully saturated rings. The van der Waals surface area contributed by atoms with Crippen molar-refractivity contribution in [2.45, 2.75) is 116 Å². The van der Waals surface area contributed by atoms with Crippen LogP contribution in [0.5, 0.6) is 0 Å². The van der Waals surface area contributed by atoms with Gasteiger partial charge in [0.05, 0.1) is 13.7 Å². The normalized spacial score (nSPS) is 9.93. The molecule has 176 valence electrons. The summed E-state index contributed by atoms with van der Waals surface area (Å²) >= 11 is 0. The molecule has 0 amide bonds. The summed E-state index contributed by atoms with van der Waals surface area (Å²) in [6, 6.07) is 0. The molecular formula is C26H48O4. The van der Waals surface area contributed by atoms with E-state index in [9.17, 15) is 9.59 Å². The third-order valence-electron chi connectivity index (χ3n) is 5.03. The van der Waals surface area contributed by atoms with Crippen LogP contribution in [0.2, 0.25) is 0 Å². The van der Waals surface area contributed by atoms with E-state index in [1.807, 2.05) is 0 Å². The van der Waals surface area contributed by atoms with E-state index in [4.69, 9.17) is 4.74 Å². The number of carbonyl (C=O) groups is 2. The molecule has 0 N–H and O–H groups in total. The molecule has 0 spiro atoms. The van der Waals surface area contributed by atoms with Crippen LogP contribution in [0.25, 0.3) is 0 Å². The van der Waals surface area contributed by atoms with Gasteiger partial charge < -0.3 is 9.47 Å². The van der Waals surface area contributed by atoms with Gasteiger partial charge in [0.25, 0.3) is 0 Å². The Hall–Kier alpha value is -1.58. The van der Waals surface area contributed by atoms with Crippen molar-refractivity contribution in [2.24, 2.45) is 0 Å². The van der Waals surface area contributed by atoms with Gasteiger partial charge in [0.2, 0.25) is 0 Å². The van der Waals surface area contributed by atoms with E-state index < -0.39 is 5.97 Å². The second kappa shape index (κ2) is 27.4. The molecule has 0 saturated carbocycles. The molecule has 0 aliphatic heterocycles. The summed E-state index contributed by atoms with van der Waals surface area (Å²) < 4.78 is 9.10. The van der Waals surface area contributed by atoms with Crippen LogP contribution in [0, 0.1) is 0 Å². The highest BCUT2D eigenvalue weighted by Crippen LogP contribution is 2.14. The number of ether oxygens (including phenoxy) is 2. The maximum absolute atomic E-state index is 10.8. The fourth-order valence-electron chi connectivity index (χ4n) is 3.14. The zero-order chi connectivity index (χ0) is 22.7. The number of unbranched alkanes of at least 4 members (excludes halogenated alkanes) is 16. The van der Waals surface area contributed by atoms with Gasteiger partial charge in [-0.3, -0.25) is 0 Å². The lowest BCUT2D eigenvalue weighted by Gasteiger charge is -2.04. The fourth-order valence-corrected chi connectivity index (χ4v) is 3.14. The van der Waals surface area contributed by atoms with Crippen molar-refractivity contribution in [3.8, 4) is 0 Å². The van der Waals surface area contributed by atoms with Gasteiger partial charge in [0, 0.05) is 12.2 Å². The SMILES string of the molecule is C=CC(=O)OC.C=CC(=O)OCCCCCCCCCCCCCCCCCCC. The highest BCUT2D eigenvalue weighted by atomic mass is 16.5. The van der Waals surface area contributed by atoms with E-state index in [2.05, 4.69) is 24.8 Å². The quantitative estimate of drug-likeness (QED) is 0.114. The molecule has 0 atom stereocenters. The van der Waals surface area contributed by atoms with Crippen LogP contribution in [-0.4, -0.2) is 25.7 Å². The van der Waals surface area contributed by atoms with Crippen molar-refractivity contribution in [1.29, 1.82) is 0 Å². The maximum atomic E-state index is 10.8. The van der Waals surface area contributed by atoms with Crippen LogP contribution in [0.1, 0.15) is 116 Å². The van der Waals surface area contributed by atoms with E-state index >= 15 is 0 Å². The van der Waals surface area contributed by atoms with Gasteiger partial charge >= 0.3 is 11.9 Å². The molecule has 0 rings (SSSR count). The summed E-state index contributed by atoms with van der Waals surface area (Å²) in [5, 5.41) is 0. The molecule has 0 aromatic heterocycles. The van der Waals surface area contributed by atoms with Gasteiger partial charge in [0.1, 0.15) is 0 Å². The van der Waals surface area contributed by atoms with E-state index in [-0.39, 0.29) is 5.97 Å². The smallest absolute Gasteiger partial charge is 0.330 e. The Kier molecular flexibility index (Phi) is 28.0. The molecule has 30 heavy (non-hydrogen) atoms. The number of methoxy groups -OCH3 is 1. The van der Waals surface area contributed by atoms with Crippen LogP contribution in [0.15, 0.2) is 25.3 Å². The number of hydrogen-bond donors (Lipinski definition) is 0. The molecule has 0 unspecified atom stereocenters. The Balaban J connectivity index is 0. The highest BCUT2D eigenvalue weighted by Gasteiger charge is 1.96. The largest absolute Gasteiger partial charge is 0.466 e. The number of hydrogen-bond acceptors (Lipinski definition) is 4. The lowest BCUT2D eigenvalue weighted by molar-refractivity contribution is -0.138. The molecule has 0 aliphatic carbocycles. The maximum Gasteiger partial charge on any atom is 0.330 e. The Morgan fingerprint density at radius 3 is 1.20 bits per heavy atom. The minimum absolute atomic E-state index is 0.300. The molecule has 0 aromatic carbocycles. The molecular weight excluding hydrogens is 376 g/mol. The molecule has 0 saturated heterocycles. The minimum atomic E-state index is -0.394. The van der Waals surface area contributed by atoms with E-state index in [1.165, 1.54) is 116 Å².